The number of pyridine rings is 1. The van der Waals surface area contributed by atoms with E-state index in [-0.39, 0.29) is 18.0 Å². The molecule has 2 aromatic rings. The summed E-state index contributed by atoms with van der Waals surface area (Å²) >= 11 is 0. The summed E-state index contributed by atoms with van der Waals surface area (Å²) in [5.74, 6) is -0.0844. The number of nitrogens with one attached hydrogen (secondary N) is 1. The number of amides is 1. The van der Waals surface area contributed by atoms with Crippen LogP contribution in [-0.2, 0) is 16.1 Å². The monoisotopic (exact) mass is 344 g/mol. The third kappa shape index (κ3) is 4.61. The van der Waals surface area contributed by atoms with E-state index in [2.05, 4.69) is 39.4 Å². The van der Waals surface area contributed by atoms with E-state index in [0.29, 0.717) is 12.2 Å². The molecule has 8 nitrogen and oxygen atoms in total. The number of morpholine rings is 1. The number of rotatable bonds is 6. The molecule has 0 spiro atoms. The molecular formula is C17H24N6O2. The molecule has 0 saturated carbocycles. The van der Waals surface area contributed by atoms with Crippen LogP contribution in [0.4, 0.5) is 0 Å². The van der Waals surface area contributed by atoms with Gasteiger partial charge in [-0.25, -0.2) is 4.68 Å². The summed E-state index contributed by atoms with van der Waals surface area (Å²) in [7, 11) is 0. The third-order valence-electron chi connectivity index (χ3n) is 4.36. The molecular weight excluding hydrogens is 320 g/mol. The fourth-order valence-corrected chi connectivity index (χ4v) is 2.81. The maximum atomic E-state index is 12.2. The first-order chi connectivity index (χ1) is 12.0. The number of hydrogen-bond acceptors (Lipinski definition) is 6. The topological polar surface area (TPSA) is 85.2 Å². The highest BCUT2D eigenvalue weighted by molar-refractivity contribution is 5.75. The minimum Gasteiger partial charge on any atom is -0.379 e. The summed E-state index contributed by atoms with van der Waals surface area (Å²) in [5.41, 5.74) is 1.28. The Labute approximate surface area is 147 Å². The van der Waals surface area contributed by atoms with Crippen LogP contribution in [0.25, 0.3) is 11.4 Å². The van der Waals surface area contributed by atoms with Crippen molar-refractivity contribution >= 4 is 5.91 Å². The Bertz CT molecular complexity index is 694. The van der Waals surface area contributed by atoms with Crippen LogP contribution >= 0.6 is 0 Å². The van der Waals surface area contributed by atoms with Gasteiger partial charge in [0.1, 0.15) is 12.2 Å². The van der Waals surface area contributed by atoms with Crippen molar-refractivity contribution in [2.24, 2.45) is 0 Å². The van der Waals surface area contributed by atoms with E-state index < -0.39 is 0 Å². The van der Waals surface area contributed by atoms with E-state index in [1.807, 2.05) is 18.2 Å². The molecule has 1 N–H and O–H groups in total. The molecule has 1 aliphatic heterocycles. The lowest BCUT2D eigenvalue weighted by Gasteiger charge is -2.40. The van der Waals surface area contributed by atoms with Gasteiger partial charge in [-0.1, -0.05) is 11.3 Å². The third-order valence-corrected chi connectivity index (χ3v) is 4.36. The Morgan fingerprint density at radius 3 is 2.80 bits per heavy atom. The van der Waals surface area contributed by atoms with E-state index in [4.69, 9.17) is 4.74 Å². The van der Waals surface area contributed by atoms with Gasteiger partial charge in [-0.2, -0.15) is 0 Å². The molecule has 25 heavy (non-hydrogen) atoms. The van der Waals surface area contributed by atoms with Gasteiger partial charge in [0.05, 0.1) is 25.1 Å². The van der Waals surface area contributed by atoms with Crippen LogP contribution in [0.1, 0.15) is 13.8 Å². The highest BCUT2D eigenvalue weighted by Crippen LogP contribution is 2.15. The lowest BCUT2D eigenvalue weighted by molar-refractivity contribution is -0.122. The molecule has 1 fully saturated rings. The van der Waals surface area contributed by atoms with E-state index in [0.717, 1.165) is 32.0 Å². The summed E-state index contributed by atoms with van der Waals surface area (Å²) in [6.45, 7) is 8.24. The molecule has 1 saturated heterocycles. The largest absolute Gasteiger partial charge is 0.379 e. The van der Waals surface area contributed by atoms with Crippen LogP contribution in [0.3, 0.4) is 0 Å². The highest BCUT2D eigenvalue weighted by Gasteiger charge is 2.28. The Morgan fingerprint density at radius 2 is 2.08 bits per heavy atom. The Hall–Kier alpha value is -2.32. The van der Waals surface area contributed by atoms with Gasteiger partial charge in [-0.3, -0.25) is 14.7 Å². The number of nitrogens with zero attached hydrogens (tertiary/aromatic N) is 5. The van der Waals surface area contributed by atoms with Gasteiger partial charge >= 0.3 is 0 Å². The summed E-state index contributed by atoms with van der Waals surface area (Å²) in [6, 6.07) is 5.60. The van der Waals surface area contributed by atoms with E-state index in [1.54, 1.807) is 12.4 Å². The molecule has 3 heterocycles. The molecule has 0 unspecified atom stereocenters. The van der Waals surface area contributed by atoms with Crippen LogP contribution in [-0.4, -0.2) is 69.2 Å². The summed E-state index contributed by atoms with van der Waals surface area (Å²) < 4.78 is 6.91. The lowest BCUT2D eigenvalue weighted by atomic mass is 10.0. The maximum absolute atomic E-state index is 12.2. The molecule has 0 atom stereocenters. The number of carbonyl (C=O) groups is 1. The van der Waals surface area contributed by atoms with E-state index in [1.165, 1.54) is 4.68 Å². The number of carbonyl (C=O) groups excluding carboxylic acids is 1. The predicted molar refractivity (Wildman–Crippen MR) is 92.7 cm³/mol. The van der Waals surface area contributed by atoms with Gasteiger partial charge in [0.25, 0.3) is 0 Å². The zero-order valence-corrected chi connectivity index (χ0v) is 14.7. The minimum absolute atomic E-state index is 0.0844. The summed E-state index contributed by atoms with van der Waals surface area (Å²) in [6.07, 6.45) is 3.43. The Kier molecular flexibility index (Phi) is 5.40. The van der Waals surface area contributed by atoms with Crippen molar-refractivity contribution in [2.75, 3.05) is 32.8 Å². The second kappa shape index (κ2) is 7.71. The van der Waals surface area contributed by atoms with Crippen LogP contribution < -0.4 is 5.32 Å². The first-order valence-electron chi connectivity index (χ1n) is 8.46. The van der Waals surface area contributed by atoms with Crippen molar-refractivity contribution < 1.29 is 9.53 Å². The molecule has 2 aromatic heterocycles. The van der Waals surface area contributed by atoms with Gasteiger partial charge in [0.15, 0.2) is 0 Å². The molecule has 0 aromatic carbocycles. The second-order valence-corrected chi connectivity index (χ2v) is 6.70. The highest BCUT2D eigenvalue weighted by atomic mass is 16.5. The molecule has 0 bridgehead atoms. The molecule has 3 rings (SSSR count). The Balaban J connectivity index is 1.52. The van der Waals surface area contributed by atoms with Crippen molar-refractivity contribution in [3.63, 3.8) is 0 Å². The van der Waals surface area contributed by atoms with Gasteiger partial charge in [-0.15, -0.1) is 5.10 Å². The number of ether oxygens (including phenoxy) is 1. The molecule has 0 aliphatic carbocycles. The molecule has 1 aliphatic rings. The van der Waals surface area contributed by atoms with Gasteiger partial charge in [0, 0.05) is 31.4 Å². The van der Waals surface area contributed by atoms with Crippen molar-refractivity contribution in [3.8, 4) is 11.4 Å². The summed E-state index contributed by atoms with van der Waals surface area (Å²) in [5, 5.41) is 11.1. The SMILES string of the molecule is CC(C)(CNC(=O)Cn1cc(-c2ccccn2)nn1)N1CCOCC1. The molecule has 0 radical (unpaired) electrons. The second-order valence-electron chi connectivity index (χ2n) is 6.70. The van der Waals surface area contributed by atoms with Gasteiger partial charge in [0.2, 0.25) is 5.91 Å². The van der Waals surface area contributed by atoms with Crippen molar-refractivity contribution in [1.29, 1.82) is 0 Å². The molecule has 1 amide bonds. The first kappa shape index (κ1) is 17.5. The number of aromatic nitrogens is 4. The fourth-order valence-electron chi connectivity index (χ4n) is 2.81. The van der Waals surface area contributed by atoms with Crippen LogP contribution in [0.5, 0.6) is 0 Å². The van der Waals surface area contributed by atoms with Crippen molar-refractivity contribution in [1.82, 2.24) is 30.2 Å². The quantitative estimate of drug-likeness (QED) is 0.824. The van der Waals surface area contributed by atoms with Crippen LogP contribution in [0, 0.1) is 0 Å². The van der Waals surface area contributed by atoms with Crippen molar-refractivity contribution in [3.05, 3.63) is 30.6 Å². The Morgan fingerprint density at radius 1 is 1.28 bits per heavy atom. The van der Waals surface area contributed by atoms with Crippen LogP contribution in [0.15, 0.2) is 30.6 Å². The van der Waals surface area contributed by atoms with E-state index in [9.17, 15) is 4.79 Å². The van der Waals surface area contributed by atoms with Crippen LogP contribution in [0.2, 0.25) is 0 Å². The maximum Gasteiger partial charge on any atom is 0.241 e. The molecule has 134 valence electrons. The predicted octanol–water partition coefficient (Wildman–Crippen LogP) is 0.567. The van der Waals surface area contributed by atoms with Crippen molar-refractivity contribution in [2.45, 2.75) is 25.9 Å². The van der Waals surface area contributed by atoms with E-state index >= 15 is 0 Å². The smallest absolute Gasteiger partial charge is 0.241 e. The fraction of sp³-hybridized carbons (Fsp3) is 0.529. The number of hydrogen-bond donors (Lipinski definition) is 1. The van der Waals surface area contributed by atoms with Gasteiger partial charge in [-0.05, 0) is 26.0 Å². The summed E-state index contributed by atoms with van der Waals surface area (Å²) in [4.78, 5) is 18.8. The minimum atomic E-state index is -0.110. The first-order valence-corrected chi connectivity index (χ1v) is 8.46. The van der Waals surface area contributed by atoms with Gasteiger partial charge < -0.3 is 10.1 Å². The lowest BCUT2D eigenvalue weighted by Crippen LogP contribution is -2.55. The average Bonchev–Trinajstić information content (AvgIpc) is 3.10. The zero-order valence-electron chi connectivity index (χ0n) is 14.7. The normalized spacial score (nSPS) is 15.9. The molecule has 8 heteroatoms. The standard InChI is InChI=1S/C17H24N6O2/c1-17(2,22-7-9-25-10-8-22)13-19-16(24)12-23-11-15(20-21-23)14-5-3-4-6-18-14/h3-6,11H,7-10,12-13H2,1-2H3,(H,19,24). The zero-order chi connectivity index (χ0) is 17.7. The average molecular weight is 344 g/mol.